The first kappa shape index (κ1) is 14.0. The van der Waals surface area contributed by atoms with Crippen molar-refractivity contribution in [1.29, 1.82) is 10.5 Å². The molecule has 15 heavy (non-hydrogen) atoms. The molecule has 0 spiro atoms. The average molecular weight is 206 g/mol. The van der Waals surface area contributed by atoms with E-state index in [1.807, 2.05) is 0 Å². The highest BCUT2D eigenvalue weighted by atomic mass is 14.4. The predicted molar refractivity (Wildman–Crippen MR) is 61.7 cm³/mol. The molecule has 2 nitrogen and oxygen atoms in total. The Morgan fingerprint density at radius 3 is 1.53 bits per heavy atom. The lowest BCUT2D eigenvalue weighted by molar-refractivity contribution is 0.122. The number of hydrogen-bond acceptors (Lipinski definition) is 2. The van der Waals surface area contributed by atoms with Gasteiger partial charge in [-0.3, -0.25) is 0 Å². The summed E-state index contributed by atoms with van der Waals surface area (Å²) in [7, 11) is 0. The standard InChI is InChI=1S/C13H22N2/c1-9(2)12(11(7-14)8-15)10(3)13(4,5)6/h9-12H,1-6H3/t10-,12+/m0/s1. The molecule has 0 rings (SSSR count). The molecule has 2 heteroatoms. The van der Waals surface area contributed by atoms with E-state index in [2.05, 4.69) is 53.7 Å². The Kier molecular flexibility index (Phi) is 4.82. The third-order valence-electron chi connectivity index (χ3n) is 3.38. The summed E-state index contributed by atoms with van der Waals surface area (Å²) in [6.45, 7) is 12.8. The minimum atomic E-state index is -0.487. The van der Waals surface area contributed by atoms with E-state index >= 15 is 0 Å². The fraction of sp³-hybridized carbons (Fsp3) is 0.846. The molecule has 0 amide bonds. The average Bonchev–Trinajstić information content (AvgIpc) is 2.10. The Morgan fingerprint density at radius 2 is 1.33 bits per heavy atom. The summed E-state index contributed by atoms with van der Waals surface area (Å²) in [4.78, 5) is 0. The van der Waals surface area contributed by atoms with Crippen LogP contribution in [0.3, 0.4) is 0 Å². The van der Waals surface area contributed by atoms with Gasteiger partial charge in [0.05, 0.1) is 12.1 Å². The van der Waals surface area contributed by atoms with Crippen LogP contribution in [0.4, 0.5) is 0 Å². The highest BCUT2D eigenvalue weighted by molar-refractivity contribution is 5.05. The van der Waals surface area contributed by atoms with Gasteiger partial charge in [0.15, 0.2) is 0 Å². The lowest BCUT2D eigenvalue weighted by Crippen LogP contribution is -2.33. The quantitative estimate of drug-likeness (QED) is 0.708. The van der Waals surface area contributed by atoms with Gasteiger partial charge in [-0.1, -0.05) is 41.5 Å². The van der Waals surface area contributed by atoms with Gasteiger partial charge in [-0.15, -0.1) is 0 Å². The van der Waals surface area contributed by atoms with Crippen LogP contribution in [0.5, 0.6) is 0 Å². The maximum Gasteiger partial charge on any atom is 0.136 e. The lowest BCUT2D eigenvalue weighted by Gasteiger charge is -2.37. The first-order valence-corrected chi connectivity index (χ1v) is 5.55. The zero-order chi connectivity index (χ0) is 12.2. The fourth-order valence-corrected chi connectivity index (χ4v) is 2.03. The normalized spacial score (nSPS) is 15.9. The summed E-state index contributed by atoms with van der Waals surface area (Å²) < 4.78 is 0. The minimum Gasteiger partial charge on any atom is -0.197 e. The second kappa shape index (κ2) is 5.17. The highest BCUT2D eigenvalue weighted by Crippen LogP contribution is 2.39. The molecule has 0 aromatic carbocycles. The first-order valence-electron chi connectivity index (χ1n) is 5.55. The molecule has 0 heterocycles. The fourth-order valence-electron chi connectivity index (χ4n) is 2.03. The number of rotatable bonds is 3. The summed E-state index contributed by atoms with van der Waals surface area (Å²) in [5.74, 6) is 0.393. The summed E-state index contributed by atoms with van der Waals surface area (Å²) in [6.07, 6.45) is 0. The van der Waals surface area contributed by atoms with E-state index in [9.17, 15) is 0 Å². The summed E-state index contributed by atoms with van der Waals surface area (Å²) in [5, 5.41) is 18.0. The molecule has 0 N–H and O–H groups in total. The third-order valence-corrected chi connectivity index (χ3v) is 3.38. The van der Waals surface area contributed by atoms with Crippen LogP contribution in [-0.4, -0.2) is 0 Å². The SMILES string of the molecule is CC(C)[C@@H](C(C#N)C#N)[C@H](C)C(C)(C)C. The van der Waals surface area contributed by atoms with Gasteiger partial charge in [0, 0.05) is 0 Å². The van der Waals surface area contributed by atoms with Crippen LogP contribution < -0.4 is 0 Å². The molecule has 0 aliphatic heterocycles. The van der Waals surface area contributed by atoms with Crippen LogP contribution in [0, 0.1) is 51.7 Å². The Hall–Kier alpha value is -1.02. The largest absolute Gasteiger partial charge is 0.197 e. The van der Waals surface area contributed by atoms with Crippen LogP contribution in [-0.2, 0) is 0 Å². The molecule has 0 radical (unpaired) electrons. The molecule has 2 atom stereocenters. The van der Waals surface area contributed by atoms with E-state index in [0.29, 0.717) is 11.8 Å². The van der Waals surface area contributed by atoms with Crippen molar-refractivity contribution >= 4 is 0 Å². The molecule has 0 aliphatic carbocycles. The van der Waals surface area contributed by atoms with Crippen molar-refractivity contribution in [2.45, 2.75) is 41.5 Å². The van der Waals surface area contributed by atoms with Crippen LogP contribution in [0.1, 0.15) is 41.5 Å². The molecule has 0 fully saturated rings. The van der Waals surface area contributed by atoms with Gasteiger partial charge >= 0.3 is 0 Å². The molecule has 84 valence electrons. The zero-order valence-electron chi connectivity index (χ0n) is 10.7. The van der Waals surface area contributed by atoms with E-state index in [4.69, 9.17) is 10.5 Å². The molecule has 0 saturated carbocycles. The van der Waals surface area contributed by atoms with Crippen LogP contribution in [0.15, 0.2) is 0 Å². The van der Waals surface area contributed by atoms with E-state index in [0.717, 1.165) is 0 Å². The molecule has 0 aliphatic rings. The Morgan fingerprint density at radius 1 is 0.933 bits per heavy atom. The third kappa shape index (κ3) is 3.56. The molecule has 0 aromatic rings. The highest BCUT2D eigenvalue weighted by Gasteiger charge is 2.35. The van der Waals surface area contributed by atoms with E-state index in [1.165, 1.54) is 0 Å². The van der Waals surface area contributed by atoms with Crippen LogP contribution in [0.25, 0.3) is 0 Å². The van der Waals surface area contributed by atoms with Gasteiger partial charge < -0.3 is 0 Å². The van der Waals surface area contributed by atoms with Gasteiger partial charge in [-0.05, 0) is 23.2 Å². The van der Waals surface area contributed by atoms with Crippen molar-refractivity contribution in [1.82, 2.24) is 0 Å². The second-order valence-corrected chi connectivity index (χ2v) is 5.71. The summed E-state index contributed by atoms with van der Waals surface area (Å²) in [6, 6.07) is 4.25. The van der Waals surface area contributed by atoms with Crippen molar-refractivity contribution in [2.24, 2.45) is 29.1 Å². The van der Waals surface area contributed by atoms with E-state index < -0.39 is 5.92 Å². The van der Waals surface area contributed by atoms with Crippen molar-refractivity contribution in [3.63, 3.8) is 0 Å². The lowest BCUT2D eigenvalue weighted by atomic mass is 9.66. The minimum absolute atomic E-state index is 0.140. The summed E-state index contributed by atoms with van der Waals surface area (Å²) in [5.41, 5.74) is 0.140. The van der Waals surface area contributed by atoms with Crippen molar-refractivity contribution in [3.8, 4) is 12.1 Å². The summed E-state index contributed by atoms with van der Waals surface area (Å²) >= 11 is 0. The second-order valence-electron chi connectivity index (χ2n) is 5.71. The topological polar surface area (TPSA) is 47.6 Å². The number of nitriles is 2. The monoisotopic (exact) mass is 206 g/mol. The maximum atomic E-state index is 8.99. The zero-order valence-corrected chi connectivity index (χ0v) is 10.7. The van der Waals surface area contributed by atoms with Gasteiger partial charge in [-0.2, -0.15) is 10.5 Å². The van der Waals surface area contributed by atoms with Crippen LogP contribution >= 0.6 is 0 Å². The van der Waals surface area contributed by atoms with Gasteiger partial charge in [0.1, 0.15) is 5.92 Å². The molecule has 0 saturated heterocycles. The Labute approximate surface area is 93.9 Å². The van der Waals surface area contributed by atoms with Crippen molar-refractivity contribution in [3.05, 3.63) is 0 Å². The van der Waals surface area contributed by atoms with E-state index in [-0.39, 0.29) is 11.3 Å². The number of nitrogens with zero attached hydrogens (tertiary/aromatic N) is 2. The maximum absolute atomic E-state index is 8.99. The Bertz CT molecular complexity index is 258. The van der Waals surface area contributed by atoms with Gasteiger partial charge in [-0.25, -0.2) is 0 Å². The van der Waals surface area contributed by atoms with E-state index in [1.54, 1.807) is 0 Å². The Balaban J connectivity index is 5.01. The van der Waals surface area contributed by atoms with Gasteiger partial charge in [0.25, 0.3) is 0 Å². The smallest absolute Gasteiger partial charge is 0.136 e. The molecule has 0 bridgehead atoms. The van der Waals surface area contributed by atoms with Crippen molar-refractivity contribution in [2.75, 3.05) is 0 Å². The van der Waals surface area contributed by atoms with Gasteiger partial charge in [0.2, 0.25) is 0 Å². The predicted octanol–water partition coefficient (Wildman–Crippen LogP) is 3.60. The number of hydrogen-bond donors (Lipinski definition) is 0. The molecular formula is C13H22N2. The molecule has 0 unspecified atom stereocenters. The molecule has 0 aromatic heterocycles. The first-order chi connectivity index (χ1) is 6.75. The van der Waals surface area contributed by atoms with Crippen molar-refractivity contribution < 1.29 is 0 Å². The van der Waals surface area contributed by atoms with Crippen LogP contribution in [0.2, 0.25) is 0 Å². The molecular weight excluding hydrogens is 184 g/mol.